The van der Waals surface area contributed by atoms with Crippen molar-refractivity contribution in [3.63, 3.8) is 0 Å². The molecule has 0 aromatic carbocycles. The van der Waals surface area contributed by atoms with E-state index >= 15 is 0 Å². The molecule has 1 N–H and O–H groups in total. The summed E-state index contributed by atoms with van der Waals surface area (Å²) < 4.78 is 7.25. The molecule has 0 spiro atoms. The van der Waals surface area contributed by atoms with Crippen molar-refractivity contribution in [2.75, 3.05) is 26.3 Å². The highest BCUT2D eigenvalue weighted by Gasteiger charge is 2.30. The molecule has 1 aromatic rings. The van der Waals surface area contributed by atoms with Crippen LogP contribution in [0.4, 0.5) is 0 Å². The Hall–Kier alpha value is -1.89. The van der Waals surface area contributed by atoms with Crippen LogP contribution in [0.2, 0.25) is 0 Å². The molecule has 2 aliphatic heterocycles. The molecule has 138 valence electrons. The van der Waals surface area contributed by atoms with E-state index in [9.17, 15) is 9.59 Å². The molecule has 0 saturated carbocycles. The maximum Gasteiger partial charge on any atom is 0.225 e. The van der Waals surface area contributed by atoms with Gasteiger partial charge in [-0.25, -0.2) is 0 Å². The molecule has 1 aromatic heterocycles. The number of nitrogens with one attached hydrogen (secondary N) is 1. The fraction of sp³-hybridized carbons (Fsp3) is 0.722. The van der Waals surface area contributed by atoms with Crippen molar-refractivity contribution in [1.82, 2.24) is 20.0 Å². The van der Waals surface area contributed by atoms with Crippen LogP contribution >= 0.6 is 0 Å². The quantitative estimate of drug-likeness (QED) is 0.872. The normalized spacial score (nSPS) is 21.2. The highest BCUT2D eigenvalue weighted by Crippen LogP contribution is 2.24. The van der Waals surface area contributed by atoms with Crippen molar-refractivity contribution in [3.8, 4) is 0 Å². The summed E-state index contributed by atoms with van der Waals surface area (Å²) in [6.07, 6.45) is 4.10. The molecular formula is C18H28N4O3. The number of aromatic nitrogens is 2. The summed E-state index contributed by atoms with van der Waals surface area (Å²) in [6, 6.07) is 1.82. The van der Waals surface area contributed by atoms with Gasteiger partial charge in [0.25, 0.3) is 0 Å². The topological polar surface area (TPSA) is 76.5 Å². The number of rotatable bonds is 5. The summed E-state index contributed by atoms with van der Waals surface area (Å²) in [4.78, 5) is 26.6. The van der Waals surface area contributed by atoms with Gasteiger partial charge in [0.05, 0.1) is 24.7 Å². The standard InChI is InChI=1S/C18H28N4O3/c1-13(2)18(24)21-11-15-3-6-20-22(15)16(12-21)9-17(23)19-10-14-4-7-25-8-5-14/h3,6,13-14,16H,4-5,7-12H2,1-2H3,(H,19,23)/t16-/m0/s1. The molecule has 3 rings (SSSR count). The maximum atomic E-state index is 12.4. The van der Waals surface area contributed by atoms with Crippen LogP contribution in [0, 0.1) is 11.8 Å². The Labute approximate surface area is 148 Å². The molecule has 1 saturated heterocycles. The van der Waals surface area contributed by atoms with Gasteiger partial charge in [-0.1, -0.05) is 13.8 Å². The highest BCUT2D eigenvalue weighted by molar-refractivity contribution is 5.79. The molecule has 0 bridgehead atoms. The van der Waals surface area contributed by atoms with Crippen LogP contribution in [0.5, 0.6) is 0 Å². The van der Waals surface area contributed by atoms with Gasteiger partial charge in [0.15, 0.2) is 0 Å². The van der Waals surface area contributed by atoms with Gasteiger partial charge in [0.1, 0.15) is 0 Å². The highest BCUT2D eigenvalue weighted by atomic mass is 16.5. The molecule has 2 aliphatic rings. The first-order valence-electron chi connectivity index (χ1n) is 9.20. The van der Waals surface area contributed by atoms with Crippen LogP contribution in [0.25, 0.3) is 0 Å². The number of ether oxygens (including phenoxy) is 1. The lowest BCUT2D eigenvalue weighted by atomic mass is 10.0. The number of carbonyl (C=O) groups is 2. The van der Waals surface area contributed by atoms with E-state index in [0.717, 1.165) is 31.7 Å². The zero-order chi connectivity index (χ0) is 17.8. The third-order valence-corrected chi connectivity index (χ3v) is 5.04. The lowest BCUT2D eigenvalue weighted by Gasteiger charge is -2.34. The third kappa shape index (κ3) is 4.39. The molecule has 2 amide bonds. The maximum absolute atomic E-state index is 12.4. The summed E-state index contributed by atoms with van der Waals surface area (Å²) in [7, 11) is 0. The van der Waals surface area contributed by atoms with Gasteiger partial charge in [0.2, 0.25) is 11.8 Å². The number of hydrogen-bond acceptors (Lipinski definition) is 4. The molecule has 0 aliphatic carbocycles. The first-order chi connectivity index (χ1) is 12.0. The van der Waals surface area contributed by atoms with E-state index in [4.69, 9.17) is 4.74 Å². The summed E-state index contributed by atoms with van der Waals surface area (Å²) >= 11 is 0. The van der Waals surface area contributed by atoms with Crippen LogP contribution in [0.3, 0.4) is 0 Å². The zero-order valence-corrected chi connectivity index (χ0v) is 15.1. The zero-order valence-electron chi connectivity index (χ0n) is 15.1. The van der Waals surface area contributed by atoms with E-state index < -0.39 is 0 Å². The Morgan fingerprint density at radius 3 is 2.84 bits per heavy atom. The fourth-order valence-electron chi connectivity index (χ4n) is 3.57. The van der Waals surface area contributed by atoms with E-state index in [1.54, 1.807) is 6.20 Å². The van der Waals surface area contributed by atoms with Crippen molar-refractivity contribution in [2.24, 2.45) is 11.8 Å². The molecule has 1 atom stereocenters. The minimum absolute atomic E-state index is 0.0248. The molecule has 0 radical (unpaired) electrons. The first kappa shape index (κ1) is 17.9. The summed E-state index contributed by atoms with van der Waals surface area (Å²) in [5.41, 5.74) is 0.988. The first-order valence-corrected chi connectivity index (χ1v) is 9.20. The Morgan fingerprint density at radius 1 is 1.36 bits per heavy atom. The van der Waals surface area contributed by atoms with Gasteiger partial charge in [0, 0.05) is 38.4 Å². The second-order valence-electron chi connectivity index (χ2n) is 7.36. The van der Waals surface area contributed by atoms with Gasteiger partial charge < -0.3 is 15.0 Å². The summed E-state index contributed by atoms with van der Waals surface area (Å²) in [6.45, 7) is 7.19. The Kier molecular flexibility index (Phi) is 5.73. The Morgan fingerprint density at radius 2 is 2.12 bits per heavy atom. The fourth-order valence-corrected chi connectivity index (χ4v) is 3.57. The van der Waals surface area contributed by atoms with Gasteiger partial charge >= 0.3 is 0 Å². The average molecular weight is 348 g/mol. The smallest absolute Gasteiger partial charge is 0.225 e. The second kappa shape index (κ2) is 7.99. The Bertz CT molecular complexity index is 607. The van der Waals surface area contributed by atoms with Crippen molar-refractivity contribution in [3.05, 3.63) is 18.0 Å². The minimum Gasteiger partial charge on any atom is -0.381 e. The SMILES string of the molecule is CC(C)C(=O)N1Cc2ccnn2[C@@H](CC(=O)NCC2CCOCC2)C1. The molecule has 0 unspecified atom stereocenters. The predicted molar refractivity (Wildman–Crippen MR) is 92.7 cm³/mol. The number of amides is 2. The van der Waals surface area contributed by atoms with Crippen molar-refractivity contribution >= 4 is 11.8 Å². The van der Waals surface area contributed by atoms with E-state index in [2.05, 4.69) is 10.4 Å². The molecule has 7 heteroatoms. The van der Waals surface area contributed by atoms with Crippen LogP contribution in [-0.2, 0) is 20.9 Å². The number of fused-ring (bicyclic) bond motifs is 1. The van der Waals surface area contributed by atoms with Crippen LogP contribution in [0.1, 0.15) is 44.8 Å². The molecule has 3 heterocycles. The van der Waals surface area contributed by atoms with Crippen molar-refractivity contribution < 1.29 is 14.3 Å². The van der Waals surface area contributed by atoms with Crippen LogP contribution in [0.15, 0.2) is 12.3 Å². The average Bonchev–Trinajstić information content (AvgIpc) is 3.09. The summed E-state index contributed by atoms with van der Waals surface area (Å²) in [5, 5.41) is 7.41. The van der Waals surface area contributed by atoms with Crippen LogP contribution < -0.4 is 5.32 Å². The minimum atomic E-state index is -0.101. The van der Waals surface area contributed by atoms with E-state index in [0.29, 0.717) is 32.0 Å². The number of nitrogens with zero attached hydrogens (tertiary/aromatic N) is 3. The predicted octanol–water partition coefficient (Wildman–Crippen LogP) is 1.36. The van der Waals surface area contributed by atoms with E-state index in [1.807, 2.05) is 29.5 Å². The monoisotopic (exact) mass is 348 g/mol. The van der Waals surface area contributed by atoms with Gasteiger partial charge in [-0.05, 0) is 24.8 Å². The van der Waals surface area contributed by atoms with Gasteiger partial charge in [-0.15, -0.1) is 0 Å². The molecule has 1 fully saturated rings. The number of hydrogen-bond donors (Lipinski definition) is 1. The third-order valence-electron chi connectivity index (χ3n) is 5.04. The van der Waals surface area contributed by atoms with E-state index in [1.165, 1.54) is 0 Å². The van der Waals surface area contributed by atoms with Crippen molar-refractivity contribution in [2.45, 2.75) is 45.7 Å². The molecule has 7 nitrogen and oxygen atoms in total. The van der Waals surface area contributed by atoms with E-state index in [-0.39, 0.29) is 23.8 Å². The lowest BCUT2D eigenvalue weighted by Crippen LogP contribution is -2.44. The number of carbonyl (C=O) groups excluding carboxylic acids is 2. The Balaban J connectivity index is 1.58. The molecular weight excluding hydrogens is 320 g/mol. The largest absolute Gasteiger partial charge is 0.381 e. The summed E-state index contributed by atoms with van der Waals surface area (Å²) in [5.74, 6) is 0.609. The second-order valence-corrected chi connectivity index (χ2v) is 7.36. The van der Waals surface area contributed by atoms with Gasteiger partial charge in [-0.3, -0.25) is 14.3 Å². The van der Waals surface area contributed by atoms with Crippen LogP contribution in [-0.4, -0.2) is 52.8 Å². The van der Waals surface area contributed by atoms with Crippen molar-refractivity contribution in [1.29, 1.82) is 0 Å². The lowest BCUT2D eigenvalue weighted by molar-refractivity contribution is -0.137. The van der Waals surface area contributed by atoms with Gasteiger partial charge in [-0.2, -0.15) is 5.10 Å². The molecule has 25 heavy (non-hydrogen) atoms.